The molecule has 1 atom stereocenters. The third-order valence-electron chi connectivity index (χ3n) is 10.8. The molecule has 236 valence electrons. The highest BCUT2D eigenvalue weighted by Crippen LogP contribution is 2.47. The van der Waals surface area contributed by atoms with Gasteiger partial charge in [-0.2, -0.15) is 5.10 Å². The normalized spacial score (nSPS) is 24.0. The molecule has 9 nitrogen and oxygen atoms in total. The minimum Gasteiger partial charge on any atom is -0.365 e. The number of quaternary nitrogens is 1. The largest absolute Gasteiger partial charge is 0.365 e. The summed E-state index contributed by atoms with van der Waals surface area (Å²) in [6.45, 7) is 2.82. The first kappa shape index (κ1) is 31.9. The van der Waals surface area contributed by atoms with Gasteiger partial charge in [0.15, 0.2) is 6.54 Å². The van der Waals surface area contributed by atoms with Gasteiger partial charge in [-0.1, -0.05) is 43.0 Å². The number of amides is 2. The van der Waals surface area contributed by atoms with Gasteiger partial charge in [-0.05, 0) is 74.0 Å². The van der Waals surface area contributed by atoms with E-state index < -0.39 is 0 Å². The number of nitrogens with two attached hydrogens (primary N) is 1. The molecule has 10 heteroatoms. The van der Waals surface area contributed by atoms with Crippen molar-refractivity contribution >= 4 is 23.4 Å². The number of carbonyl (C=O) groups is 2. The van der Waals surface area contributed by atoms with Crippen molar-refractivity contribution in [2.75, 3.05) is 33.7 Å². The summed E-state index contributed by atoms with van der Waals surface area (Å²) in [4.78, 5) is 32.2. The number of halogens is 1. The molecular weight excluding hydrogens is 562 g/mol. The van der Waals surface area contributed by atoms with E-state index in [0.717, 1.165) is 63.7 Å². The summed E-state index contributed by atoms with van der Waals surface area (Å²) >= 11 is 6.18. The highest BCUT2D eigenvalue weighted by Gasteiger charge is 2.44. The quantitative estimate of drug-likeness (QED) is 0.370. The maximum atomic E-state index is 14.2. The first-order valence-electron chi connectivity index (χ1n) is 16.4. The fourth-order valence-corrected chi connectivity index (χ4v) is 8.40. The third kappa shape index (κ3) is 8.17. The molecule has 5 rings (SSSR count). The summed E-state index contributed by atoms with van der Waals surface area (Å²) in [6.07, 6.45) is 16.6. The van der Waals surface area contributed by atoms with Crippen molar-refractivity contribution in [3.8, 4) is 0 Å². The minimum atomic E-state index is -0.284. The fourth-order valence-electron chi connectivity index (χ4n) is 8.27. The summed E-state index contributed by atoms with van der Waals surface area (Å²) in [5.41, 5.74) is 6.81. The van der Waals surface area contributed by atoms with E-state index in [0.29, 0.717) is 34.4 Å². The monoisotopic (exact) mass is 612 g/mol. The molecule has 1 aromatic carbocycles. The van der Waals surface area contributed by atoms with Crippen LogP contribution in [0, 0.1) is 11.3 Å². The molecule has 1 aliphatic heterocycles. The number of nitrogens with one attached hydrogen (secondary N) is 1. The lowest BCUT2D eigenvalue weighted by Crippen LogP contribution is -2.57. The molecule has 0 bridgehead atoms. The van der Waals surface area contributed by atoms with Crippen LogP contribution in [-0.4, -0.2) is 87.8 Å². The summed E-state index contributed by atoms with van der Waals surface area (Å²) in [6, 6.07) is 8.27. The van der Waals surface area contributed by atoms with Gasteiger partial charge < -0.3 is 20.4 Å². The van der Waals surface area contributed by atoms with Crippen molar-refractivity contribution in [2.24, 2.45) is 17.1 Å². The smallest absolute Gasteiger partial charge is 0.272 e. The topological polar surface area (TPSA) is 106 Å². The Balaban J connectivity index is 1.26. The number of rotatable bonds is 11. The zero-order valence-corrected chi connectivity index (χ0v) is 26.9. The average Bonchev–Trinajstić information content (AvgIpc) is 3.51. The van der Waals surface area contributed by atoms with Crippen LogP contribution in [0.3, 0.4) is 0 Å². The van der Waals surface area contributed by atoms with Crippen LogP contribution in [0.1, 0.15) is 76.2 Å². The van der Waals surface area contributed by atoms with E-state index in [1.54, 1.807) is 6.33 Å². The van der Waals surface area contributed by atoms with E-state index in [-0.39, 0.29) is 29.3 Å². The van der Waals surface area contributed by atoms with Crippen molar-refractivity contribution in [3.63, 3.8) is 0 Å². The van der Waals surface area contributed by atoms with Gasteiger partial charge >= 0.3 is 0 Å². The molecule has 3 fully saturated rings. The minimum absolute atomic E-state index is 0.165. The predicted octanol–water partition coefficient (Wildman–Crippen LogP) is 4.19. The van der Waals surface area contributed by atoms with Gasteiger partial charge in [-0.15, -0.1) is 0 Å². The zero-order valence-electron chi connectivity index (χ0n) is 26.1. The maximum Gasteiger partial charge on any atom is 0.272 e. The van der Waals surface area contributed by atoms with Crippen molar-refractivity contribution < 1.29 is 14.1 Å². The molecule has 0 radical (unpaired) electrons. The van der Waals surface area contributed by atoms with Crippen LogP contribution in [0.4, 0.5) is 0 Å². The number of primary amides is 1. The molecule has 2 heterocycles. The predicted molar refractivity (Wildman–Crippen MR) is 169 cm³/mol. The van der Waals surface area contributed by atoms with Crippen LogP contribution in [0.2, 0.25) is 5.02 Å². The SMILES string of the molecule is C[N+](C)(CC(N)=O)C1CCC(N[C@H](Cc2ccc(Cl)cc2)C(=O)N2CCC(Cn3cncn3)(C3CCCCC3)CC2)CC1. The Hall–Kier alpha value is -2.49. The van der Waals surface area contributed by atoms with Gasteiger partial charge in [0, 0.05) is 43.5 Å². The van der Waals surface area contributed by atoms with E-state index in [4.69, 9.17) is 17.3 Å². The number of carbonyl (C=O) groups excluding carboxylic acids is 2. The number of nitrogens with zero attached hydrogens (tertiary/aromatic N) is 5. The van der Waals surface area contributed by atoms with E-state index in [1.807, 2.05) is 35.3 Å². The molecule has 1 aromatic heterocycles. The van der Waals surface area contributed by atoms with E-state index in [9.17, 15) is 9.59 Å². The van der Waals surface area contributed by atoms with Gasteiger partial charge in [0.1, 0.15) is 12.7 Å². The molecule has 2 saturated carbocycles. The molecule has 3 aliphatic rings. The van der Waals surface area contributed by atoms with Gasteiger partial charge in [0.25, 0.3) is 5.91 Å². The molecule has 2 aliphatic carbocycles. The van der Waals surface area contributed by atoms with Crippen molar-refractivity contribution in [2.45, 2.75) is 102 Å². The fraction of sp³-hybridized carbons (Fsp3) is 0.697. The lowest BCUT2D eigenvalue weighted by atomic mass is 9.63. The van der Waals surface area contributed by atoms with Crippen LogP contribution in [-0.2, 0) is 22.6 Å². The lowest BCUT2D eigenvalue weighted by molar-refractivity contribution is -0.908. The van der Waals surface area contributed by atoms with Crippen LogP contribution in [0.25, 0.3) is 0 Å². The maximum absolute atomic E-state index is 14.2. The van der Waals surface area contributed by atoms with Crippen molar-refractivity contribution in [1.82, 2.24) is 25.0 Å². The molecular formula is C33H51ClN7O2+. The first-order valence-corrected chi connectivity index (χ1v) is 16.7. The second-order valence-electron chi connectivity index (χ2n) is 14.1. The third-order valence-corrected chi connectivity index (χ3v) is 11.1. The standard InChI is InChI=1S/C33H50ClN7O2/c1-41(2,21-31(35)42)29-14-12-28(13-15-29)38-30(20-25-8-10-27(34)11-9-25)32(43)39-18-16-33(17-19-39,22-40-24-36-23-37-40)26-6-4-3-5-7-26/h8-11,23-24,26,28-30,38H,3-7,12-22H2,1-2H3,(H-,35,42)/p+1/t28?,29?,30-/m1/s1. The number of piperidine rings is 1. The van der Waals surface area contributed by atoms with Crippen LogP contribution < -0.4 is 11.1 Å². The highest BCUT2D eigenvalue weighted by molar-refractivity contribution is 6.30. The van der Waals surface area contributed by atoms with Crippen LogP contribution >= 0.6 is 11.6 Å². The Morgan fingerprint density at radius 2 is 1.72 bits per heavy atom. The van der Waals surface area contributed by atoms with E-state index in [1.165, 1.54) is 32.1 Å². The Morgan fingerprint density at radius 3 is 2.33 bits per heavy atom. The zero-order chi connectivity index (χ0) is 30.5. The first-order chi connectivity index (χ1) is 20.6. The number of benzene rings is 1. The summed E-state index contributed by atoms with van der Waals surface area (Å²) in [5, 5.41) is 8.98. The highest BCUT2D eigenvalue weighted by atomic mass is 35.5. The number of hydrogen-bond acceptors (Lipinski definition) is 5. The van der Waals surface area contributed by atoms with Crippen molar-refractivity contribution in [1.29, 1.82) is 0 Å². The molecule has 1 saturated heterocycles. The molecule has 0 unspecified atom stereocenters. The summed E-state index contributed by atoms with van der Waals surface area (Å²) in [7, 11) is 4.20. The number of hydrogen-bond donors (Lipinski definition) is 2. The van der Waals surface area contributed by atoms with Crippen LogP contribution in [0.5, 0.6) is 0 Å². The lowest BCUT2D eigenvalue weighted by Gasteiger charge is -2.48. The van der Waals surface area contributed by atoms with Gasteiger partial charge in [0.05, 0.1) is 26.2 Å². The Morgan fingerprint density at radius 1 is 1.05 bits per heavy atom. The average molecular weight is 613 g/mol. The molecule has 3 N–H and O–H groups in total. The number of likely N-dealkylation sites (N-methyl/N-ethyl adjacent to an activating group) is 1. The van der Waals surface area contributed by atoms with Gasteiger partial charge in [-0.3, -0.25) is 14.3 Å². The second kappa shape index (κ2) is 14.1. The molecule has 0 spiro atoms. The second-order valence-corrected chi connectivity index (χ2v) is 14.5. The molecule has 2 amide bonds. The van der Waals surface area contributed by atoms with E-state index in [2.05, 4.69) is 34.4 Å². The molecule has 2 aromatic rings. The Labute approximate surface area is 262 Å². The summed E-state index contributed by atoms with van der Waals surface area (Å²) < 4.78 is 2.64. The van der Waals surface area contributed by atoms with Crippen LogP contribution in [0.15, 0.2) is 36.9 Å². The molecule has 43 heavy (non-hydrogen) atoms. The number of aromatic nitrogens is 3. The Kier molecular flexibility index (Phi) is 10.5. The van der Waals surface area contributed by atoms with Crippen molar-refractivity contribution in [3.05, 3.63) is 47.5 Å². The van der Waals surface area contributed by atoms with Gasteiger partial charge in [-0.25, -0.2) is 4.98 Å². The summed E-state index contributed by atoms with van der Waals surface area (Å²) in [5.74, 6) is 0.632. The number of likely N-dealkylation sites (tertiary alicyclic amines) is 1. The Bertz CT molecular complexity index is 1180. The van der Waals surface area contributed by atoms with Gasteiger partial charge in [0.2, 0.25) is 5.91 Å². The van der Waals surface area contributed by atoms with E-state index >= 15 is 0 Å².